The largest absolute Gasteiger partial charge is 0.506 e. The van der Waals surface area contributed by atoms with Crippen LogP contribution in [0, 0.1) is 0 Å². The van der Waals surface area contributed by atoms with Crippen molar-refractivity contribution in [2.75, 3.05) is 7.11 Å². The van der Waals surface area contributed by atoms with Crippen molar-refractivity contribution in [3.05, 3.63) is 83.1 Å². The third kappa shape index (κ3) is 3.36. The van der Waals surface area contributed by atoms with Crippen LogP contribution in [0.15, 0.2) is 71.3 Å². The summed E-state index contributed by atoms with van der Waals surface area (Å²) in [6.07, 6.45) is 0. The summed E-state index contributed by atoms with van der Waals surface area (Å²) in [6, 6.07) is 13.5. The Bertz CT molecular complexity index is 1250. The maximum absolute atomic E-state index is 13.0. The summed E-state index contributed by atoms with van der Waals surface area (Å²) in [5, 5.41) is 10.2. The van der Waals surface area contributed by atoms with Gasteiger partial charge in [-0.25, -0.2) is 4.18 Å². The second-order valence-corrected chi connectivity index (χ2v) is 11.4. The third-order valence-electron chi connectivity index (χ3n) is 4.80. The van der Waals surface area contributed by atoms with Gasteiger partial charge in [-0.1, -0.05) is 18.2 Å². The Kier molecular flexibility index (Phi) is 5.87. The van der Waals surface area contributed by atoms with Gasteiger partial charge in [0.05, 0.1) is 25.0 Å². The zero-order chi connectivity index (χ0) is 21.8. The van der Waals surface area contributed by atoms with E-state index in [4.69, 9.17) is 8.92 Å². The standard InChI is InChI=1S/C20H12Br4O5S/c1-28-19-15(23)8-11(9-16(19)24)20(10-6-13(21)18(25)14(22)7-10)12-4-2-3-5-17(12)30(26,27)29-20/h2-9,25H,1H3. The Morgan fingerprint density at radius 2 is 1.40 bits per heavy atom. The normalized spacial score (nSPS) is 19.5. The lowest BCUT2D eigenvalue weighted by molar-refractivity contribution is 0.179. The summed E-state index contributed by atoms with van der Waals surface area (Å²) < 4.78 is 39.3. The van der Waals surface area contributed by atoms with Crippen LogP contribution in [0.1, 0.15) is 16.7 Å². The van der Waals surface area contributed by atoms with E-state index in [1.165, 1.54) is 6.07 Å². The molecule has 10 heteroatoms. The first-order valence-corrected chi connectivity index (χ1v) is 13.0. The number of hydrogen-bond acceptors (Lipinski definition) is 5. The van der Waals surface area contributed by atoms with Crippen molar-refractivity contribution in [1.29, 1.82) is 0 Å². The van der Waals surface area contributed by atoms with Gasteiger partial charge in [-0.2, -0.15) is 8.42 Å². The van der Waals surface area contributed by atoms with E-state index in [1.54, 1.807) is 49.6 Å². The number of ether oxygens (including phenoxy) is 1. The second kappa shape index (κ2) is 7.90. The first-order chi connectivity index (χ1) is 14.1. The molecule has 156 valence electrons. The molecule has 0 aromatic heterocycles. The van der Waals surface area contributed by atoms with E-state index in [9.17, 15) is 13.5 Å². The van der Waals surface area contributed by atoms with Crippen LogP contribution in [0.2, 0.25) is 0 Å². The summed E-state index contributed by atoms with van der Waals surface area (Å²) in [4.78, 5) is 0.0911. The second-order valence-electron chi connectivity index (χ2n) is 6.48. The van der Waals surface area contributed by atoms with Gasteiger partial charge in [-0.05, 0) is 105 Å². The van der Waals surface area contributed by atoms with Gasteiger partial charge in [0, 0.05) is 5.56 Å². The van der Waals surface area contributed by atoms with Crippen LogP contribution in [-0.4, -0.2) is 20.6 Å². The Balaban J connectivity index is 2.15. The molecule has 0 amide bonds. The van der Waals surface area contributed by atoms with Crippen molar-refractivity contribution in [2.45, 2.75) is 10.5 Å². The van der Waals surface area contributed by atoms with Crippen LogP contribution < -0.4 is 4.74 Å². The van der Waals surface area contributed by atoms with Crippen molar-refractivity contribution >= 4 is 73.8 Å². The molecule has 1 unspecified atom stereocenters. The fraction of sp³-hybridized carbons (Fsp3) is 0.100. The zero-order valence-corrected chi connectivity index (χ0v) is 22.3. The summed E-state index contributed by atoms with van der Waals surface area (Å²) >= 11 is 13.7. The molecule has 3 aromatic carbocycles. The van der Waals surface area contributed by atoms with Gasteiger partial charge < -0.3 is 9.84 Å². The molecule has 0 bridgehead atoms. The fourth-order valence-electron chi connectivity index (χ4n) is 3.53. The zero-order valence-electron chi connectivity index (χ0n) is 15.1. The van der Waals surface area contributed by atoms with Crippen molar-refractivity contribution in [3.63, 3.8) is 0 Å². The number of rotatable bonds is 3. The molecule has 5 nitrogen and oxygen atoms in total. The van der Waals surface area contributed by atoms with Gasteiger partial charge in [0.25, 0.3) is 10.1 Å². The molecule has 1 aliphatic heterocycles. The molecule has 30 heavy (non-hydrogen) atoms. The lowest BCUT2D eigenvalue weighted by Crippen LogP contribution is -2.30. The highest BCUT2D eigenvalue weighted by Crippen LogP contribution is 2.53. The van der Waals surface area contributed by atoms with Crippen molar-refractivity contribution in [1.82, 2.24) is 0 Å². The van der Waals surface area contributed by atoms with Gasteiger partial charge in [-0.15, -0.1) is 0 Å². The maximum Gasteiger partial charge on any atom is 0.298 e. The lowest BCUT2D eigenvalue weighted by Gasteiger charge is -2.30. The SMILES string of the molecule is COc1c(Br)cc(C2(c3cc(Br)c(O)c(Br)c3)OS(=O)(=O)c3ccccc32)cc1Br. The van der Waals surface area contributed by atoms with Crippen LogP contribution in [0.3, 0.4) is 0 Å². The number of aromatic hydroxyl groups is 1. The van der Waals surface area contributed by atoms with Crippen LogP contribution in [0.4, 0.5) is 0 Å². The molecule has 0 radical (unpaired) electrons. The molecule has 0 fully saturated rings. The Morgan fingerprint density at radius 1 is 0.900 bits per heavy atom. The molecule has 1 atom stereocenters. The summed E-state index contributed by atoms with van der Waals surface area (Å²) in [6.45, 7) is 0. The number of hydrogen-bond donors (Lipinski definition) is 1. The molecule has 0 saturated carbocycles. The number of phenols is 1. The molecule has 0 saturated heterocycles. The first kappa shape index (κ1) is 22.3. The Labute approximate surface area is 207 Å². The number of benzene rings is 3. The summed E-state index contributed by atoms with van der Waals surface area (Å²) in [5.41, 5.74) is 0.0564. The minimum Gasteiger partial charge on any atom is -0.506 e. The third-order valence-corrected chi connectivity index (χ3v) is 8.55. The average Bonchev–Trinajstić information content (AvgIpc) is 2.94. The summed E-state index contributed by atoms with van der Waals surface area (Å²) in [5.74, 6) is 0.566. The quantitative estimate of drug-likeness (QED) is 0.321. The topological polar surface area (TPSA) is 72.8 Å². The van der Waals surface area contributed by atoms with E-state index in [2.05, 4.69) is 63.7 Å². The van der Waals surface area contributed by atoms with Crippen molar-refractivity contribution in [3.8, 4) is 11.5 Å². The molecular formula is C20H12Br4O5S. The number of phenolic OH excluding ortho intramolecular Hbond substituents is 1. The molecule has 4 rings (SSSR count). The molecule has 1 heterocycles. The van der Waals surface area contributed by atoms with E-state index >= 15 is 0 Å². The van der Waals surface area contributed by atoms with Crippen molar-refractivity contribution in [2.24, 2.45) is 0 Å². The smallest absolute Gasteiger partial charge is 0.298 e. The van der Waals surface area contributed by atoms with E-state index in [0.717, 1.165) is 0 Å². The molecule has 0 aliphatic carbocycles. The van der Waals surface area contributed by atoms with Crippen molar-refractivity contribution < 1.29 is 22.4 Å². The molecule has 3 aromatic rings. The van der Waals surface area contributed by atoms with E-state index < -0.39 is 15.7 Å². The summed E-state index contributed by atoms with van der Waals surface area (Å²) in [7, 11) is -2.50. The van der Waals surface area contributed by atoms with E-state index in [-0.39, 0.29) is 10.6 Å². The van der Waals surface area contributed by atoms with E-state index in [0.29, 0.717) is 40.3 Å². The predicted molar refractivity (Wildman–Crippen MR) is 126 cm³/mol. The Morgan fingerprint density at radius 3 is 1.93 bits per heavy atom. The van der Waals surface area contributed by atoms with Gasteiger partial charge in [-0.3, -0.25) is 0 Å². The van der Waals surface area contributed by atoms with Gasteiger partial charge in [0.2, 0.25) is 0 Å². The average molecular weight is 684 g/mol. The van der Waals surface area contributed by atoms with Crippen LogP contribution in [0.25, 0.3) is 0 Å². The van der Waals surface area contributed by atoms with Crippen LogP contribution in [0.5, 0.6) is 11.5 Å². The van der Waals surface area contributed by atoms with Gasteiger partial charge in [0.1, 0.15) is 16.4 Å². The highest BCUT2D eigenvalue weighted by molar-refractivity contribution is 9.11. The van der Waals surface area contributed by atoms with Gasteiger partial charge >= 0.3 is 0 Å². The first-order valence-electron chi connectivity index (χ1n) is 8.39. The van der Waals surface area contributed by atoms with Crippen LogP contribution in [-0.2, 0) is 19.9 Å². The Hall–Kier alpha value is -0.910. The highest BCUT2D eigenvalue weighted by Gasteiger charge is 2.51. The number of methoxy groups -OCH3 is 1. The van der Waals surface area contributed by atoms with Gasteiger partial charge in [0.15, 0.2) is 5.60 Å². The monoisotopic (exact) mass is 680 g/mol. The molecule has 0 spiro atoms. The lowest BCUT2D eigenvalue weighted by atomic mass is 9.80. The highest BCUT2D eigenvalue weighted by atomic mass is 79.9. The maximum atomic E-state index is 13.0. The van der Waals surface area contributed by atoms with E-state index in [1.807, 2.05) is 0 Å². The molecule has 1 aliphatic rings. The predicted octanol–water partition coefficient (Wildman–Crippen LogP) is 6.46. The molecule has 1 N–H and O–H groups in total. The molecular weight excluding hydrogens is 672 g/mol. The minimum atomic E-state index is -4.04. The minimum absolute atomic E-state index is 0.000122. The number of fused-ring (bicyclic) bond motifs is 1. The number of halogens is 4. The van der Waals surface area contributed by atoms with Crippen LogP contribution >= 0.6 is 63.7 Å². The fourth-order valence-corrected chi connectivity index (χ4v) is 7.65.